The summed E-state index contributed by atoms with van der Waals surface area (Å²) in [6.45, 7) is -0.751. The van der Waals surface area contributed by atoms with Gasteiger partial charge in [0.25, 0.3) is 6.43 Å². The van der Waals surface area contributed by atoms with Crippen LogP contribution in [0.15, 0.2) is 77.9 Å². The van der Waals surface area contributed by atoms with Crippen molar-refractivity contribution in [1.82, 2.24) is 4.98 Å². The first-order valence-electron chi connectivity index (χ1n) is 7.89. The number of aliphatic imine (C=N–C) groups is 1. The smallest absolute Gasteiger partial charge is 0.272 e. The summed E-state index contributed by atoms with van der Waals surface area (Å²) in [5.41, 5.74) is 3.03. The summed E-state index contributed by atoms with van der Waals surface area (Å²) < 4.78 is 29.8. The van der Waals surface area contributed by atoms with Crippen molar-refractivity contribution in [3.8, 4) is 5.75 Å². The van der Waals surface area contributed by atoms with Crippen molar-refractivity contribution in [2.24, 2.45) is 4.99 Å². The fraction of sp³-hybridized carbons (Fsp3) is 0.100. The molecule has 0 bridgehead atoms. The van der Waals surface area contributed by atoms with E-state index in [-0.39, 0.29) is 10.9 Å². The van der Waals surface area contributed by atoms with Gasteiger partial charge in [-0.1, -0.05) is 72.3 Å². The van der Waals surface area contributed by atoms with Crippen molar-refractivity contribution in [3.05, 3.63) is 89.2 Å². The zero-order chi connectivity index (χ0) is 18.4. The van der Waals surface area contributed by atoms with Gasteiger partial charge in [0.15, 0.2) is 10.9 Å². The second kappa shape index (κ2) is 8.54. The standard InChI is InChI=1S/C20H15ClF2N2O/c21-20-17(26-13-18(22)23)11-16(12-24-20)25-19(14-7-3-1-4-8-14)15-9-5-2-6-10-15/h1-12,18H,13H2. The lowest BCUT2D eigenvalue weighted by Gasteiger charge is -2.10. The van der Waals surface area contributed by atoms with Crippen LogP contribution in [0.1, 0.15) is 11.1 Å². The Hall–Kier alpha value is -2.79. The highest BCUT2D eigenvalue weighted by atomic mass is 35.5. The SMILES string of the molecule is FC(F)COc1cc(N=C(c2ccccc2)c2ccccc2)cnc1Cl. The Kier molecular flexibility index (Phi) is 5.92. The minimum atomic E-state index is -2.59. The van der Waals surface area contributed by atoms with Crippen LogP contribution in [0.25, 0.3) is 0 Å². The number of ether oxygens (including phenoxy) is 1. The molecule has 0 aliphatic heterocycles. The molecule has 6 heteroatoms. The number of hydrogen-bond donors (Lipinski definition) is 0. The predicted octanol–water partition coefficient (Wildman–Crippen LogP) is 5.55. The van der Waals surface area contributed by atoms with Gasteiger partial charge in [-0.2, -0.15) is 0 Å². The molecular formula is C20H15ClF2N2O. The average molecular weight is 373 g/mol. The van der Waals surface area contributed by atoms with Crippen LogP contribution in [0.5, 0.6) is 5.75 Å². The molecular weight excluding hydrogens is 358 g/mol. The number of pyridine rings is 1. The summed E-state index contributed by atoms with van der Waals surface area (Å²) in [7, 11) is 0. The second-order valence-corrected chi connectivity index (χ2v) is 5.74. The van der Waals surface area contributed by atoms with Crippen molar-refractivity contribution in [1.29, 1.82) is 0 Å². The maximum Gasteiger partial charge on any atom is 0.272 e. The maximum absolute atomic E-state index is 12.4. The van der Waals surface area contributed by atoms with Gasteiger partial charge in [-0.25, -0.2) is 18.8 Å². The van der Waals surface area contributed by atoms with Gasteiger partial charge in [-0.3, -0.25) is 0 Å². The van der Waals surface area contributed by atoms with E-state index in [9.17, 15) is 8.78 Å². The molecule has 0 aliphatic rings. The van der Waals surface area contributed by atoms with Crippen molar-refractivity contribution in [3.63, 3.8) is 0 Å². The van der Waals surface area contributed by atoms with Crippen LogP contribution in [0.3, 0.4) is 0 Å². The Morgan fingerprint density at radius 2 is 1.58 bits per heavy atom. The van der Waals surface area contributed by atoms with Crippen LogP contribution in [0.2, 0.25) is 5.15 Å². The van der Waals surface area contributed by atoms with Gasteiger partial charge in [-0.15, -0.1) is 0 Å². The number of alkyl halides is 2. The normalized spacial score (nSPS) is 10.6. The number of nitrogens with zero attached hydrogens (tertiary/aromatic N) is 2. The zero-order valence-corrected chi connectivity index (χ0v) is 14.4. The summed E-state index contributed by atoms with van der Waals surface area (Å²) in [4.78, 5) is 8.64. The quantitative estimate of drug-likeness (QED) is 0.420. The van der Waals surface area contributed by atoms with E-state index in [4.69, 9.17) is 16.3 Å². The van der Waals surface area contributed by atoms with Crippen LogP contribution >= 0.6 is 11.6 Å². The highest BCUT2D eigenvalue weighted by Gasteiger charge is 2.11. The summed E-state index contributed by atoms with van der Waals surface area (Å²) in [6, 6.07) is 20.8. The van der Waals surface area contributed by atoms with Gasteiger partial charge in [0.1, 0.15) is 6.61 Å². The molecule has 0 fully saturated rings. The Bertz CT molecular complexity index is 845. The van der Waals surface area contributed by atoms with Gasteiger partial charge in [-0.05, 0) is 0 Å². The van der Waals surface area contributed by atoms with E-state index >= 15 is 0 Å². The van der Waals surface area contributed by atoms with Crippen molar-refractivity contribution >= 4 is 23.0 Å². The number of rotatable bonds is 6. The molecule has 0 amide bonds. The fourth-order valence-corrected chi connectivity index (χ4v) is 2.51. The van der Waals surface area contributed by atoms with Crippen molar-refractivity contribution in [2.75, 3.05) is 6.61 Å². The lowest BCUT2D eigenvalue weighted by Crippen LogP contribution is -2.07. The summed E-state index contributed by atoms with van der Waals surface area (Å²) in [5.74, 6) is 0.0775. The molecule has 0 unspecified atom stereocenters. The Morgan fingerprint density at radius 3 is 2.12 bits per heavy atom. The first kappa shape index (κ1) is 18.0. The Labute approximate surface area is 155 Å². The van der Waals surface area contributed by atoms with E-state index < -0.39 is 13.0 Å². The molecule has 0 spiro atoms. The summed E-state index contributed by atoms with van der Waals surface area (Å²) in [5, 5.41) is 0.0190. The predicted molar refractivity (Wildman–Crippen MR) is 98.9 cm³/mol. The largest absolute Gasteiger partial charge is 0.484 e. The van der Waals surface area contributed by atoms with Crippen LogP contribution in [0.4, 0.5) is 14.5 Å². The maximum atomic E-state index is 12.4. The monoisotopic (exact) mass is 372 g/mol. The van der Waals surface area contributed by atoms with Crippen LogP contribution in [-0.2, 0) is 0 Å². The van der Waals surface area contributed by atoms with E-state index in [2.05, 4.69) is 9.98 Å². The highest BCUT2D eigenvalue weighted by molar-refractivity contribution is 6.30. The minimum Gasteiger partial charge on any atom is -0.484 e. The van der Waals surface area contributed by atoms with Gasteiger partial charge in [0, 0.05) is 17.2 Å². The van der Waals surface area contributed by atoms with E-state index in [0.717, 1.165) is 16.8 Å². The lowest BCUT2D eigenvalue weighted by molar-refractivity contribution is 0.0818. The zero-order valence-electron chi connectivity index (χ0n) is 13.6. The minimum absolute atomic E-state index is 0.0190. The van der Waals surface area contributed by atoms with E-state index in [1.54, 1.807) is 0 Å². The molecule has 132 valence electrons. The Morgan fingerprint density at radius 1 is 1.00 bits per heavy atom. The molecule has 1 heterocycles. The third-order valence-electron chi connectivity index (χ3n) is 3.49. The highest BCUT2D eigenvalue weighted by Crippen LogP contribution is 2.28. The van der Waals surface area contributed by atoms with Crippen LogP contribution in [-0.4, -0.2) is 23.7 Å². The third-order valence-corrected chi connectivity index (χ3v) is 3.78. The average Bonchev–Trinajstić information content (AvgIpc) is 2.67. The first-order chi connectivity index (χ1) is 12.6. The van der Waals surface area contributed by atoms with E-state index in [1.807, 2.05) is 60.7 Å². The van der Waals surface area contributed by atoms with Gasteiger partial charge in [0.05, 0.1) is 17.6 Å². The van der Waals surface area contributed by atoms with Gasteiger partial charge in [0.2, 0.25) is 0 Å². The number of benzene rings is 2. The lowest BCUT2D eigenvalue weighted by atomic mass is 10.0. The van der Waals surface area contributed by atoms with E-state index in [1.165, 1.54) is 12.3 Å². The number of hydrogen-bond acceptors (Lipinski definition) is 3. The Balaban J connectivity index is 2.02. The third kappa shape index (κ3) is 4.64. The fourth-order valence-electron chi connectivity index (χ4n) is 2.35. The first-order valence-corrected chi connectivity index (χ1v) is 8.27. The molecule has 3 rings (SSSR count). The molecule has 26 heavy (non-hydrogen) atoms. The number of aromatic nitrogens is 1. The molecule has 0 saturated heterocycles. The van der Waals surface area contributed by atoms with Crippen LogP contribution in [0, 0.1) is 0 Å². The molecule has 2 aromatic carbocycles. The summed E-state index contributed by atoms with van der Waals surface area (Å²) >= 11 is 5.92. The molecule has 3 aromatic rings. The molecule has 0 N–H and O–H groups in total. The van der Waals surface area contributed by atoms with Crippen LogP contribution < -0.4 is 4.74 Å². The van der Waals surface area contributed by atoms with E-state index in [0.29, 0.717) is 5.69 Å². The summed E-state index contributed by atoms with van der Waals surface area (Å²) in [6.07, 6.45) is -1.12. The second-order valence-electron chi connectivity index (χ2n) is 5.38. The molecule has 0 saturated carbocycles. The topological polar surface area (TPSA) is 34.5 Å². The molecule has 1 aromatic heterocycles. The number of halogens is 3. The molecule has 0 aliphatic carbocycles. The molecule has 3 nitrogen and oxygen atoms in total. The molecule has 0 radical (unpaired) electrons. The van der Waals surface area contributed by atoms with Gasteiger partial charge >= 0.3 is 0 Å². The van der Waals surface area contributed by atoms with Crippen molar-refractivity contribution < 1.29 is 13.5 Å². The molecule has 0 atom stereocenters. The van der Waals surface area contributed by atoms with Gasteiger partial charge < -0.3 is 4.74 Å². The van der Waals surface area contributed by atoms with Crippen molar-refractivity contribution in [2.45, 2.75) is 6.43 Å².